The van der Waals surface area contributed by atoms with Crippen LogP contribution >= 0.6 is 11.6 Å². The van der Waals surface area contributed by atoms with Crippen molar-refractivity contribution in [3.63, 3.8) is 0 Å². The van der Waals surface area contributed by atoms with E-state index in [4.69, 9.17) is 25.5 Å². The number of furan rings is 1. The summed E-state index contributed by atoms with van der Waals surface area (Å²) in [4.78, 5) is 14.1. The highest BCUT2D eigenvalue weighted by atomic mass is 35.5. The molecule has 1 aromatic heterocycles. The van der Waals surface area contributed by atoms with Crippen LogP contribution in [0.4, 0.5) is 0 Å². The second-order valence-corrected chi connectivity index (χ2v) is 5.96. The molecule has 0 spiro atoms. The van der Waals surface area contributed by atoms with Gasteiger partial charge in [-0.2, -0.15) is 0 Å². The topological polar surface area (TPSA) is 51.9 Å². The first-order chi connectivity index (χ1) is 12.1. The highest BCUT2D eigenvalue weighted by Crippen LogP contribution is 2.28. The Labute approximate surface area is 150 Å². The Balaban J connectivity index is 1.64. The fraction of sp³-hybridized carbons (Fsp3) is 0.211. The summed E-state index contributed by atoms with van der Waals surface area (Å²) < 4.78 is 16.5. The van der Waals surface area contributed by atoms with Gasteiger partial charge in [0, 0.05) is 17.5 Å². The number of fused-ring (bicyclic) bond motifs is 1. The molecule has 0 fully saturated rings. The van der Waals surface area contributed by atoms with Gasteiger partial charge in [-0.05, 0) is 30.3 Å². The van der Waals surface area contributed by atoms with Crippen LogP contribution in [0.15, 0.2) is 52.9 Å². The lowest BCUT2D eigenvalue weighted by atomic mass is 10.2. The lowest BCUT2D eigenvalue weighted by Crippen LogP contribution is -2.30. The van der Waals surface area contributed by atoms with Crippen LogP contribution in [0.2, 0.25) is 5.02 Å². The number of rotatable bonds is 6. The summed E-state index contributed by atoms with van der Waals surface area (Å²) in [5.74, 6) is 1.32. The summed E-state index contributed by atoms with van der Waals surface area (Å²) >= 11 is 5.91. The van der Waals surface area contributed by atoms with Crippen molar-refractivity contribution in [3.8, 4) is 11.5 Å². The molecular formula is C19H18ClNO4. The van der Waals surface area contributed by atoms with E-state index in [9.17, 15) is 4.79 Å². The van der Waals surface area contributed by atoms with E-state index in [0.29, 0.717) is 35.3 Å². The number of likely N-dealkylation sites (N-methyl/N-ethyl adjacent to an activating group) is 1. The monoisotopic (exact) mass is 359 g/mol. The van der Waals surface area contributed by atoms with Crippen molar-refractivity contribution in [2.75, 3.05) is 27.3 Å². The van der Waals surface area contributed by atoms with Gasteiger partial charge in [0.05, 0.1) is 13.7 Å². The summed E-state index contributed by atoms with van der Waals surface area (Å²) in [6, 6.07) is 14.4. The van der Waals surface area contributed by atoms with E-state index in [2.05, 4.69) is 0 Å². The average molecular weight is 360 g/mol. The Bertz CT molecular complexity index is 890. The first-order valence-corrected chi connectivity index (χ1v) is 8.16. The molecule has 0 radical (unpaired) electrons. The standard InChI is InChI=1S/C19H18ClNO4/c1-21(9-10-24-15-7-4-6-14(20)12-15)19(22)17-11-13-5-3-8-16(23-2)18(13)25-17/h3-8,11-12H,9-10H2,1-2H3. The Kier molecular flexibility index (Phi) is 5.14. The van der Waals surface area contributed by atoms with Crippen LogP contribution in [0.25, 0.3) is 11.0 Å². The first kappa shape index (κ1) is 17.2. The summed E-state index contributed by atoms with van der Waals surface area (Å²) in [7, 11) is 3.27. The molecule has 3 aromatic rings. The average Bonchev–Trinajstić information content (AvgIpc) is 3.05. The molecule has 0 aliphatic heterocycles. The van der Waals surface area contributed by atoms with E-state index in [0.717, 1.165) is 5.39 Å². The maximum absolute atomic E-state index is 12.5. The van der Waals surface area contributed by atoms with Crippen molar-refractivity contribution in [1.29, 1.82) is 0 Å². The van der Waals surface area contributed by atoms with Crippen LogP contribution < -0.4 is 9.47 Å². The fourth-order valence-corrected chi connectivity index (χ4v) is 2.63. The van der Waals surface area contributed by atoms with E-state index in [1.807, 2.05) is 24.3 Å². The first-order valence-electron chi connectivity index (χ1n) is 7.79. The number of methoxy groups -OCH3 is 1. The van der Waals surface area contributed by atoms with Crippen molar-refractivity contribution in [2.24, 2.45) is 0 Å². The number of carbonyl (C=O) groups is 1. The minimum absolute atomic E-state index is 0.215. The van der Waals surface area contributed by atoms with Crippen molar-refractivity contribution in [2.45, 2.75) is 0 Å². The number of benzene rings is 2. The van der Waals surface area contributed by atoms with Gasteiger partial charge < -0.3 is 18.8 Å². The van der Waals surface area contributed by atoms with Crippen LogP contribution in [-0.2, 0) is 0 Å². The number of hydrogen-bond donors (Lipinski definition) is 0. The third kappa shape index (κ3) is 3.88. The van der Waals surface area contributed by atoms with Crippen LogP contribution in [0.5, 0.6) is 11.5 Å². The number of hydrogen-bond acceptors (Lipinski definition) is 4. The van der Waals surface area contributed by atoms with Gasteiger partial charge >= 0.3 is 0 Å². The molecule has 3 rings (SSSR count). The smallest absolute Gasteiger partial charge is 0.289 e. The van der Waals surface area contributed by atoms with Crippen molar-refractivity contribution in [3.05, 3.63) is 59.3 Å². The van der Waals surface area contributed by atoms with Crippen LogP contribution in [0.3, 0.4) is 0 Å². The van der Waals surface area contributed by atoms with Crippen molar-refractivity contribution in [1.82, 2.24) is 4.90 Å². The summed E-state index contributed by atoms with van der Waals surface area (Å²) in [5, 5.41) is 1.43. The van der Waals surface area contributed by atoms with Crippen molar-refractivity contribution < 1.29 is 18.7 Å². The number of carbonyl (C=O) groups excluding carboxylic acids is 1. The number of ether oxygens (including phenoxy) is 2. The van der Waals surface area contributed by atoms with E-state index < -0.39 is 0 Å². The molecule has 0 bridgehead atoms. The zero-order valence-corrected chi connectivity index (χ0v) is 14.7. The number of nitrogens with zero attached hydrogens (tertiary/aromatic N) is 1. The lowest BCUT2D eigenvalue weighted by Gasteiger charge is -2.16. The molecule has 2 aromatic carbocycles. The molecule has 0 unspecified atom stereocenters. The molecule has 0 N–H and O–H groups in total. The molecule has 0 saturated heterocycles. The number of para-hydroxylation sites is 1. The Morgan fingerprint density at radius 2 is 2.00 bits per heavy atom. The molecule has 6 heteroatoms. The van der Waals surface area contributed by atoms with Gasteiger partial charge in [-0.25, -0.2) is 0 Å². The second-order valence-electron chi connectivity index (χ2n) is 5.52. The van der Waals surface area contributed by atoms with Crippen molar-refractivity contribution >= 4 is 28.5 Å². The quantitative estimate of drug-likeness (QED) is 0.660. The molecular weight excluding hydrogens is 342 g/mol. The summed E-state index contributed by atoms with van der Waals surface area (Å²) in [5.41, 5.74) is 0.567. The third-order valence-electron chi connectivity index (χ3n) is 3.78. The molecule has 1 amide bonds. The lowest BCUT2D eigenvalue weighted by molar-refractivity contribution is 0.0744. The Hall–Kier alpha value is -2.66. The minimum atomic E-state index is -0.215. The predicted octanol–water partition coefficient (Wildman–Crippen LogP) is 4.25. The molecule has 25 heavy (non-hydrogen) atoms. The predicted molar refractivity (Wildman–Crippen MR) is 96.7 cm³/mol. The van der Waals surface area contributed by atoms with Gasteiger partial charge in [-0.3, -0.25) is 4.79 Å². The van der Waals surface area contributed by atoms with E-state index in [1.54, 1.807) is 43.3 Å². The molecule has 0 aliphatic carbocycles. The summed E-state index contributed by atoms with van der Waals surface area (Å²) in [6.45, 7) is 0.770. The molecule has 1 heterocycles. The van der Waals surface area contributed by atoms with E-state index >= 15 is 0 Å². The normalized spacial score (nSPS) is 10.7. The van der Waals surface area contributed by atoms with Crippen LogP contribution in [0.1, 0.15) is 10.6 Å². The molecule has 0 saturated carbocycles. The highest BCUT2D eigenvalue weighted by Gasteiger charge is 2.18. The van der Waals surface area contributed by atoms with E-state index in [1.165, 1.54) is 0 Å². The minimum Gasteiger partial charge on any atom is -0.493 e. The number of amides is 1. The molecule has 130 valence electrons. The third-order valence-corrected chi connectivity index (χ3v) is 4.01. The number of halogens is 1. The SMILES string of the molecule is COc1cccc2cc(C(=O)N(C)CCOc3cccc(Cl)c3)oc12. The molecule has 0 aliphatic rings. The van der Waals surface area contributed by atoms with Crippen LogP contribution in [0, 0.1) is 0 Å². The fourth-order valence-electron chi connectivity index (χ4n) is 2.45. The highest BCUT2D eigenvalue weighted by molar-refractivity contribution is 6.30. The second kappa shape index (κ2) is 7.49. The largest absolute Gasteiger partial charge is 0.493 e. The van der Waals surface area contributed by atoms with Crippen LogP contribution in [-0.4, -0.2) is 38.1 Å². The molecule has 0 atom stereocenters. The van der Waals surface area contributed by atoms with Gasteiger partial charge in [-0.1, -0.05) is 29.8 Å². The zero-order chi connectivity index (χ0) is 17.8. The Morgan fingerprint density at radius 3 is 2.76 bits per heavy atom. The van der Waals surface area contributed by atoms with Gasteiger partial charge in [0.25, 0.3) is 5.91 Å². The van der Waals surface area contributed by atoms with E-state index in [-0.39, 0.29) is 11.7 Å². The van der Waals surface area contributed by atoms with Gasteiger partial charge in [0.1, 0.15) is 12.4 Å². The van der Waals surface area contributed by atoms with Gasteiger partial charge in [0.2, 0.25) is 0 Å². The van der Waals surface area contributed by atoms with Gasteiger partial charge in [-0.15, -0.1) is 0 Å². The maximum atomic E-state index is 12.5. The van der Waals surface area contributed by atoms with Gasteiger partial charge in [0.15, 0.2) is 17.1 Å². The summed E-state index contributed by atoms with van der Waals surface area (Å²) in [6.07, 6.45) is 0. The zero-order valence-electron chi connectivity index (χ0n) is 14.0. The molecule has 5 nitrogen and oxygen atoms in total. The Morgan fingerprint density at radius 1 is 1.20 bits per heavy atom. The maximum Gasteiger partial charge on any atom is 0.289 e.